The molecule has 0 aliphatic carbocycles. The van der Waals surface area contributed by atoms with E-state index in [1.54, 1.807) is 4.90 Å². The fourth-order valence-electron chi connectivity index (χ4n) is 4.76. The van der Waals surface area contributed by atoms with Crippen LogP contribution in [0.15, 0.2) is 60.7 Å². The fraction of sp³-hybridized carbons (Fsp3) is 0.391. The highest BCUT2D eigenvalue weighted by molar-refractivity contribution is 5.91. The Morgan fingerprint density at radius 1 is 0.964 bits per heavy atom. The zero-order valence-corrected chi connectivity index (χ0v) is 15.9. The number of carboxylic acids is 1. The van der Waals surface area contributed by atoms with Gasteiger partial charge in [0.25, 0.3) is 0 Å². The van der Waals surface area contributed by atoms with E-state index < -0.39 is 17.9 Å². The van der Waals surface area contributed by atoms with Crippen molar-refractivity contribution in [2.75, 3.05) is 19.6 Å². The van der Waals surface area contributed by atoms with E-state index >= 15 is 0 Å². The Hall–Kier alpha value is -2.66. The zero-order valence-electron chi connectivity index (χ0n) is 15.9. The molecule has 5 heteroatoms. The van der Waals surface area contributed by atoms with Gasteiger partial charge < -0.3 is 15.3 Å². The summed E-state index contributed by atoms with van der Waals surface area (Å²) >= 11 is 0. The molecule has 0 radical (unpaired) electrons. The maximum atomic E-state index is 13.7. The Morgan fingerprint density at radius 2 is 1.50 bits per heavy atom. The smallest absolute Gasteiger partial charge is 0.326 e. The fourth-order valence-corrected chi connectivity index (χ4v) is 4.76. The Balaban J connectivity index is 1.70. The summed E-state index contributed by atoms with van der Waals surface area (Å²) in [5.41, 5.74) is 1.71. The van der Waals surface area contributed by atoms with Crippen LogP contribution in [-0.4, -0.2) is 47.6 Å². The highest BCUT2D eigenvalue weighted by atomic mass is 16.4. The van der Waals surface area contributed by atoms with Gasteiger partial charge in [-0.05, 0) is 48.9 Å². The van der Waals surface area contributed by atoms with E-state index in [0.717, 1.165) is 37.1 Å². The van der Waals surface area contributed by atoms with Gasteiger partial charge in [-0.15, -0.1) is 0 Å². The van der Waals surface area contributed by atoms with Crippen molar-refractivity contribution in [3.8, 4) is 0 Å². The summed E-state index contributed by atoms with van der Waals surface area (Å²) in [7, 11) is 0. The standard InChI is InChI=1S/C23H26N2O3/c26-21(20(17-7-3-1-4-8-17)18-9-5-2-6-10-18)25-16-23(11-13-24-14-12-23)15-19(25)22(27)28/h1-10,19-20,24H,11-16H2,(H,27,28). The Morgan fingerprint density at radius 3 is 2.00 bits per heavy atom. The van der Waals surface area contributed by atoms with E-state index in [1.807, 2.05) is 60.7 Å². The molecule has 0 aromatic heterocycles. The van der Waals surface area contributed by atoms with Gasteiger partial charge in [0.15, 0.2) is 0 Å². The number of benzene rings is 2. The van der Waals surface area contributed by atoms with Gasteiger partial charge in [0, 0.05) is 6.54 Å². The monoisotopic (exact) mass is 378 g/mol. The summed E-state index contributed by atoms with van der Waals surface area (Å²) in [6, 6.07) is 18.6. The quantitative estimate of drug-likeness (QED) is 0.858. The van der Waals surface area contributed by atoms with Crippen molar-refractivity contribution < 1.29 is 14.7 Å². The number of hydrogen-bond donors (Lipinski definition) is 2. The van der Waals surface area contributed by atoms with Crippen molar-refractivity contribution in [2.45, 2.75) is 31.2 Å². The van der Waals surface area contributed by atoms with Crippen molar-refractivity contribution in [1.29, 1.82) is 0 Å². The zero-order chi connectivity index (χ0) is 19.6. The maximum Gasteiger partial charge on any atom is 0.326 e. The molecule has 2 aromatic rings. The molecule has 1 atom stereocenters. The lowest BCUT2D eigenvalue weighted by Gasteiger charge is -2.34. The van der Waals surface area contributed by atoms with Crippen LogP contribution >= 0.6 is 0 Å². The van der Waals surface area contributed by atoms with Gasteiger partial charge in [-0.2, -0.15) is 0 Å². The first-order chi connectivity index (χ1) is 13.6. The molecule has 0 bridgehead atoms. The van der Waals surface area contributed by atoms with Crippen LogP contribution in [0.1, 0.15) is 36.3 Å². The predicted molar refractivity (Wildman–Crippen MR) is 107 cm³/mol. The second kappa shape index (κ2) is 7.76. The second-order valence-corrected chi connectivity index (χ2v) is 8.03. The molecule has 0 saturated carbocycles. The van der Waals surface area contributed by atoms with E-state index in [0.29, 0.717) is 13.0 Å². The van der Waals surface area contributed by atoms with Crippen molar-refractivity contribution in [1.82, 2.24) is 10.2 Å². The van der Waals surface area contributed by atoms with Gasteiger partial charge >= 0.3 is 5.97 Å². The minimum atomic E-state index is -0.899. The van der Waals surface area contributed by atoms with Crippen molar-refractivity contribution in [3.63, 3.8) is 0 Å². The molecule has 2 aromatic carbocycles. The van der Waals surface area contributed by atoms with Gasteiger partial charge in [-0.1, -0.05) is 60.7 Å². The summed E-state index contributed by atoms with van der Waals surface area (Å²) in [6.07, 6.45) is 2.38. The first kappa shape index (κ1) is 18.7. The molecule has 2 heterocycles. The molecule has 5 nitrogen and oxygen atoms in total. The summed E-state index contributed by atoms with van der Waals surface area (Å²) < 4.78 is 0. The number of carbonyl (C=O) groups excluding carboxylic acids is 1. The summed E-state index contributed by atoms with van der Waals surface area (Å²) in [5.74, 6) is -1.50. The number of nitrogens with zero attached hydrogens (tertiary/aromatic N) is 1. The van der Waals surface area contributed by atoms with Gasteiger partial charge in [0.2, 0.25) is 5.91 Å². The number of piperidine rings is 1. The number of carboxylic acid groups (broad SMARTS) is 1. The summed E-state index contributed by atoms with van der Waals surface area (Å²) in [5, 5.41) is 13.2. The lowest BCUT2D eigenvalue weighted by atomic mass is 9.77. The molecular formula is C23H26N2O3. The van der Waals surface area contributed by atoms with Crippen LogP contribution in [0.25, 0.3) is 0 Å². The Labute approximate surface area is 165 Å². The number of amides is 1. The van der Waals surface area contributed by atoms with Gasteiger partial charge in [-0.25, -0.2) is 4.79 Å². The average molecular weight is 378 g/mol. The molecule has 146 valence electrons. The van der Waals surface area contributed by atoms with E-state index in [1.165, 1.54) is 0 Å². The van der Waals surface area contributed by atoms with Crippen molar-refractivity contribution in [2.24, 2.45) is 5.41 Å². The molecular weight excluding hydrogens is 352 g/mol. The minimum absolute atomic E-state index is 0.0815. The van der Waals surface area contributed by atoms with Gasteiger partial charge in [0.1, 0.15) is 6.04 Å². The van der Waals surface area contributed by atoms with Crippen LogP contribution in [0.4, 0.5) is 0 Å². The van der Waals surface area contributed by atoms with Crippen LogP contribution in [0.3, 0.4) is 0 Å². The Kier molecular flexibility index (Phi) is 5.18. The number of nitrogens with one attached hydrogen (secondary N) is 1. The van der Waals surface area contributed by atoms with E-state index in [9.17, 15) is 14.7 Å². The largest absolute Gasteiger partial charge is 0.480 e. The van der Waals surface area contributed by atoms with Crippen LogP contribution in [0, 0.1) is 5.41 Å². The maximum absolute atomic E-state index is 13.7. The van der Waals surface area contributed by atoms with Crippen molar-refractivity contribution in [3.05, 3.63) is 71.8 Å². The SMILES string of the molecule is O=C(O)C1CC2(CCNCC2)CN1C(=O)C(c1ccccc1)c1ccccc1. The topological polar surface area (TPSA) is 69.6 Å². The van der Waals surface area contributed by atoms with Crippen LogP contribution in [0.2, 0.25) is 0 Å². The third kappa shape index (κ3) is 3.54. The molecule has 1 unspecified atom stereocenters. The first-order valence-electron chi connectivity index (χ1n) is 9.94. The number of carbonyl (C=O) groups is 2. The van der Waals surface area contributed by atoms with E-state index in [4.69, 9.17) is 0 Å². The molecule has 1 amide bonds. The number of hydrogen-bond acceptors (Lipinski definition) is 3. The molecule has 2 aliphatic heterocycles. The third-order valence-electron chi connectivity index (χ3n) is 6.25. The molecule has 2 aliphatic rings. The molecule has 4 rings (SSSR count). The lowest BCUT2D eigenvalue weighted by molar-refractivity contribution is -0.148. The van der Waals surface area contributed by atoms with Crippen LogP contribution in [-0.2, 0) is 9.59 Å². The lowest BCUT2D eigenvalue weighted by Crippen LogP contribution is -2.44. The van der Waals surface area contributed by atoms with Gasteiger partial charge in [0.05, 0.1) is 5.92 Å². The van der Waals surface area contributed by atoms with Crippen molar-refractivity contribution >= 4 is 11.9 Å². The molecule has 1 spiro atoms. The third-order valence-corrected chi connectivity index (χ3v) is 6.25. The molecule has 28 heavy (non-hydrogen) atoms. The molecule has 2 N–H and O–H groups in total. The predicted octanol–water partition coefficient (Wildman–Crippen LogP) is 2.87. The highest BCUT2D eigenvalue weighted by Gasteiger charge is 2.50. The van der Waals surface area contributed by atoms with Crippen LogP contribution < -0.4 is 5.32 Å². The number of aliphatic carboxylic acids is 1. The summed E-state index contributed by atoms with van der Waals surface area (Å²) in [6.45, 7) is 2.30. The average Bonchev–Trinajstić information content (AvgIpc) is 3.09. The highest BCUT2D eigenvalue weighted by Crippen LogP contribution is 2.43. The summed E-state index contributed by atoms with van der Waals surface area (Å²) in [4.78, 5) is 27.4. The number of likely N-dealkylation sites (tertiary alicyclic amines) is 1. The first-order valence-corrected chi connectivity index (χ1v) is 9.94. The van der Waals surface area contributed by atoms with Gasteiger partial charge in [-0.3, -0.25) is 4.79 Å². The van der Waals surface area contributed by atoms with E-state index in [2.05, 4.69) is 5.32 Å². The molecule has 2 saturated heterocycles. The molecule has 2 fully saturated rings. The minimum Gasteiger partial charge on any atom is -0.480 e. The Bertz CT molecular complexity index is 792. The normalized spacial score (nSPS) is 21.2. The number of rotatable bonds is 4. The van der Waals surface area contributed by atoms with E-state index in [-0.39, 0.29) is 11.3 Å². The second-order valence-electron chi connectivity index (χ2n) is 8.03. The van der Waals surface area contributed by atoms with Crippen LogP contribution in [0.5, 0.6) is 0 Å².